The Kier molecular flexibility index (Phi) is 6.38. The maximum atomic E-state index is 13.8. The molecule has 1 saturated heterocycles. The quantitative estimate of drug-likeness (QED) is 0.528. The molecule has 1 aliphatic carbocycles. The summed E-state index contributed by atoms with van der Waals surface area (Å²) in [6.45, 7) is 1.93. The van der Waals surface area contributed by atoms with Gasteiger partial charge in [-0.25, -0.2) is 13.5 Å². The molecule has 36 heavy (non-hydrogen) atoms. The van der Waals surface area contributed by atoms with Gasteiger partial charge in [0.25, 0.3) is 0 Å². The van der Waals surface area contributed by atoms with Crippen LogP contribution in [0.5, 0.6) is 0 Å². The molecule has 0 atom stereocenters. The van der Waals surface area contributed by atoms with Crippen molar-refractivity contribution in [2.24, 2.45) is 5.73 Å². The maximum Gasteiger partial charge on any atom is 0.417 e. The molecule has 3 aromatic rings. The van der Waals surface area contributed by atoms with E-state index in [4.69, 9.17) is 5.73 Å². The normalized spacial score (nSPS) is 21.9. The fourth-order valence-corrected chi connectivity index (χ4v) is 6.52. The molecule has 8 nitrogen and oxygen atoms in total. The number of tetrazole rings is 1. The number of hydrogen-bond donors (Lipinski definition) is 2. The van der Waals surface area contributed by atoms with Gasteiger partial charge in [-0.05, 0) is 58.9 Å². The van der Waals surface area contributed by atoms with E-state index < -0.39 is 26.5 Å². The van der Waals surface area contributed by atoms with Gasteiger partial charge in [-0.15, -0.1) is 5.10 Å². The van der Waals surface area contributed by atoms with Crippen LogP contribution in [-0.2, 0) is 16.0 Å². The summed E-state index contributed by atoms with van der Waals surface area (Å²) in [6, 6.07) is 10.5. The number of likely N-dealkylation sites (tertiary alicyclic amines) is 1. The SMILES string of the molecule is CS(=O)(=O)c1c(C(F)(F)F)ccc(-c2ccc(C3CN(C4CCC(N)CC4)C3)cc2)c1-c1nnn[nH]1. The summed E-state index contributed by atoms with van der Waals surface area (Å²) in [5.41, 5.74) is 6.57. The zero-order valence-electron chi connectivity index (χ0n) is 19.7. The minimum Gasteiger partial charge on any atom is -0.328 e. The molecule has 0 bridgehead atoms. The van der Waals surface area contributed by atoms with Crippen molar-refractivity contribution in [3.8, 4) is 22.5 Å². The van der Waals surface area contributed by atoms with Crippen LogP contribution in [0.25, 0.3) is 22.5 Å². The number of rotatable bonds is 5. The number of hydrogen-bond acceptors (Lipinski definition) is 7. The molecule has 0 amide bonds. The maximum absolute atomic E-state index is 13.8. The molecule has 12 heteroatoms. The summed E-state index contributed by atoms with van der Waals surface area (Å²) in [5, 5.41) is 13.0. The van der Waals surface area contributed by atoms with Crippen molar-refractivity contribution in [2.75, 3.05) is 19.3 Å². The number of nitrogens with one attached hydrogen (secondary N) is 1. The van der Waals surface area contributed by atoms with E-state index in [1.54, 1.807) is 12.1 Å². The largest absolute Gasteiger partial charge is 0.417 e. The van der Waals surface area contributed by atoms with Crippen LogP contribution in [0, 0.1) is 0 Å². The second-order valence-electron chi connectivity index (χ2n) is 9.73. The number of aromatic amines is 1. The molecule has 1 saturated carbocycles. The zero-order valence-corrected chi connectivity index (χ0v) is 20.5. The van der Waals surface area contributed by atoms with E-state index in [2.05, 4.69) is 25.5 Å². The van der Waals surface area contributed by atoms with Gasteiger partial charge in [0, 0.05) is 42.9 Å². The van der Waals surface area contributed by atoms with Crippen molar-refractivity contribution in [1.29, 1.82) is 0 Å². The van der Waals surface area contributed by atoms with Crippen LogP contribution < -0.4 is 5.73 Å². The Hall–Kier alpha value is -2.83. The third kappa shape index (κ3) is 4.76. The van der Waals surface area contributed by atoms with Crippen LogP contribution in [0.2, 0.25) is 0 Å². The van der Waals surface area contributed by atoms with Crippen molar-refractivity contribution in [1.82, 2.24) is 25.5 Å². The van der Waals surface area contributed by atoms with E-state index in [1.807, 2.05) is 12.1 Å². The highest BCUT2D eigenvalue weighted by molar-refractivity contribution is 7.91. The minimum atomic E-state index is -4.87. The molecule has 3 N–H and O–H groups in total. The molecule has 0 radical (unpaired) electrons. The number of aromatic nitrogens is 4. The number of sulfone groups is 1. The second-order valence-corrected chi connectivity index (χ2v) is 11.7. The molecular weight excluding hydrogens is 493 g/mol. The summed E-state index contributed by atoms with van der Waals surface area (Å²) in [4.78, 5) is 1.64. The van der Waals surface area contributed by atoms with Crippen molar-refractivity contribution in [3.05, 3.63) is 47.5 Å². The lowest BCUT2D eigenvalue weighted by molar-refractivity contribution is -0.139. The first-order valence-electron chi connectivity index (χ1n) is 11.8. The van der Waals surface area contributed by atoms with Crippen LogP contribution in [-0.4, -0.2) is 65.4 Å². The topological polar surface area (TPSA) is 118 Å². The van der Waals surface area contributed by atoms with Gasteiger partial charge in [0.2, 0.25) is 0 Å². The molecule has 1 aliphatic heterocycles. The highest BCUT2D eigenvalue weighted by atomic mass is 32.2. The highest BCUT2D eigenvalue weighted by Gasteiger charge is 2.39. The minimum absolute atomic E-state index is 0.151. The molecule has 0 spiro atoms. The number of alkyl halides is 3. The summed E-state index contributed by atoms with van der Waals surface area (Å²) in [5.74, 6) is 0.231. The molecule has 5 rings (SSSR count). The summed E-state index contributed by atoms with van der Waals surface area (Å²) < 4.78 is 66.5. The summed E-state index contributed by atoms with van der Waals surface area (Å²) in [7, 11) is -4.29. The lowest BCUT2D eigenvalue weighted by Gasteiger charge is -2.46. The fraction of sp³-hybridized carbons (Fsp3) is 0.458. The van der Waals surface area contributed by atoms with E-state index >= 15 is 0 Å². The molecule has 2 aliphatic rings. The predicted octanol–water partition coefficient (Wildman–Crippen LogP) is 3.63. The average molecular weight is 521 g/mol. The third-order valence-corrected chi connectivity index (χ3v) is 8.44. The van der Waals surface area contributed by atoms with Gasteiger partial charge < -0.3 is 5.73 Å². The van der Waals surface area contributed by atoms with Crippen molar-refractivity contribution >= 4 is 9.84 Å². The van der Waals surface area contributed by atoms with E-state index in [0.29, 0.717) is 29.1 Å². The first-order valence-corrected chi connectivity index (χ1v) is 13.7. The Morgan fingerprint density at radius 2 is 1.69 bits per heavy atom. The number of benzene rings is 2. The van der Waals surface area contributed by atoms with Gasteiger partial charge in [0.1, 0.15) is 0 Å². The van der Waals surface area contributed by atoms with Crippen molar-refractivity contribution in [2.45, 2.75) is 54.8 Å². The molecule has 192 valence electrons. The zero-order chi connectivity index (χ0) is 25.7. The van der Waals surface area contributed by atoms with E-state index in [0.717, 1.165) is 56.7 Å². The number of nitrogens with two attached hydrogens (primary N) is 1. The smallest absolute Gasteiger partial charge is 0.328 e. The molecular formula is C24H27F3N6O2S. The van der Waals surface area contributed by atoms with Crippen LogP contribution in [0.1, 0.15) is 42.7 Å². The lowest BCUT2D eigenvalue weighted by Crippen LogP contribution is -2.52. The summed E-state index contributed by atoms with van der Waals surface area (Å²) in [6.07, 6.45) is 0.256. The Labute approximate surface area is 207 Å². The van der Waals surface area contributed by atoms with E-state index in [1.165, 1.54) is 6.07 Å². The Balaban J connectivity index is 1.46. The average Bonchev–Trinajstić information content (AvgIpc) is 3.32. The van der Waals surface area contributed by atoms with Crippen LogP contribution in [0.3, 0.4) is 0 Å². The van der Waals surface area contributed by atoms with Gasteiger partial charge in [-0.2, -0.15) is 13.2 Å². The standard InChI is InChI=1S/C24H27F3N6O2S/c1-36(34,35)22-20(24(25,26)27)11-10-19(21(22)23-29-31-32-30-23)15-4-2-14(3-5-15)16-12-33(13-16)18-8-6-17(28)7-9-18/h2-5,10-11,16-18H,6-9,12-13,28H2,1H3,(H,29,30,31,32). The molecule has 2 heterocycles. The highest BCUT2D eigenvalue weighted by Crippen LogP contribution is 2.43. The van der Waals surface area contributed by atoms with E-state index in [-0.39, 0.29) is 11.4 Å². The molecule has 1 aromatic heterocycles. The number of halogens is 3. The molecule has 2 fully saturated rings. The first-order chi connectivity index (χ1) is 17.0. The van der Waals surface area contributed by atoms with Crippen LogP contribution in [0.15, 0.2) is 41.3 Å². The second kappa shape index (κ2) is 9.24. The van der Waals surface area contributed by atoms with Gasteiger partial charge in [0.05, 0.1) is 10.5 Å². The van der Waals surface area contributed by atoms with Gasteiger partial charge in [0.15, 0.2) is 15.7 Å². The monoisotopic (exact) mass is 520 g/mol. The fourth-order valence-electron chi connectivity index (χ4n) is 5.35. The number of nitrogens with zero attached hydrogens (tertiary/aromatic N) is 4. The van der Waals surface area contributed by atoms with Gasteiger partial charge >= 0.3 is 6.18 Å². The Bertz CT molecular complexity index is 1330. The van der Waals surface area contributed by atoms with Crippen molar-refractivity contribution < 1.29 is 21.6 Å². The third-order valence-electron chi connectivity index (χ3n) is 7.28. The van der Waals surface area contributed by atoms with Crippen LogP contribution in [0.4, 0.5) is 13.2 Å². The summed E-state index contributed by atoms with van der Waals surface area (Å²) >= 11 is 0. The molecule has 2 aromatic carbocycles. The Morgan fingerprint density at radius 1 is 1.03 bits per heavy atom. The first kappa shape index (κ1) is 24.8. The van der Waals surface area contributed by atoms with Gasteiger partial charge in [-0.1, -0.05) is 30.3 Å². The van der Waals surface area contributed by atoms with Gasteiger partial charge in [-0.3, -0.25) is 4.90 Å². The Morgan fingerprint density at radius 3 is 2.25 bits per heavy atom. The van der Waals surface area contributed by atoms with Crippen LogP contribution >= 0.6 is 0 Å². The van der Waals surface area contributed by atoms with E-state index in [9.17, 15) is 21.6 Å². The lowest BCUT2D eigenvalue weighted by atomic mass is 9.84. The number of H-pyrrole nitrogens is 1. The van der Waals surface area contributed by atoms with Crippen molar-refractivity contribution in [3.63, 3.8) is 0 Å². The molecule has 0 unspecified atom stereocenters. The predicted molar refractivity (Wildman–Crippen MR) is 128 cm³/mol.